The predicted octanol–water partition coefficient (Wildman–Crippen LogP) is 10.7. The van der Waals surface area contributed by atoms with Crippen LogP contribution in [0.4, 0.5) is 24.5 Å². The minimum atomic E-state index is -4.43. The van der Waals surface area contributed by atoms with Crippen LogP contribution in [0.5, 0.6) is 0 Å². The molecule has 4 N–H and O–H groups in total. The first kappa shape index (κ1) is 38.0. The Morgan fingerprint density at radius 3 is 2.15 bits per heavy atom. The van der Waals surface area contributed by atoms with Gasteiger partial charge in [-0.3, -0.25) is 5.01 Å². The number of anilines is 2. The first-order valence-corrected chi connectivity index (χ1v) is 18.9. The van der Waals surface area contributed by atoms with Gasteiger partial charge in [-0.1, -0.05) is 108 Å². The molecule has 5 nitrogen and oxygen atoms in total. The lowest BCUT2D eigenvalue weighted by atomic mass is 9.80. The second-order valence-electron chi connectivity index (χ2n) is 15.6. The Hall–Kier alpha value is -4.69. The van der Waals surface area contributed by atoms with Crippen LogP contribution >= 0.6 is 0 Å². The van der Waals surface area contributed by atoms with Crippen LogP contribution in [-0.4, -0.2) is 24.1 Å². The highest BCUT2D eigenvalue weighted by Gasteiger charge is 2.43. The van der Waals surface area contributed by atoms with Crippen LogP contribution in [0.25, 0.3) is 5.70 Å². The summed E-state index contributed by atoms with van der Waals surface area (Å²) in [5.41, 5.74) is 15.7. The van der Waals surface area contributed by atoms with E-state index >= 15 is 0 Å². The summed E-state index contributed by atoms with van der Waals surface area (Å²) in [5, 5.41) is 1.58. The summed E-state index contributed by atoms with van der Waals surface area (Å²) in [4.78, 5) is 4.95. The molecule has 0 fully saturated rings. The standard InChI is InChI=1S/C45H54F3N5/c1-7-28-51-38-18-11-9-16-35(38)43(3,4)40(51)26-22-32-14-13-15-33(23-27-41-44(5,6)36-17-10-12-19-39(36)52(41)29-8-2)42(32)53(50)30-37(49)31-20-24-34(25-21-31)45(46,47)48/h9-12,16-27,30,40H,7-8,13-15,28-29,49-50H2,1-6H3/b26-22+,33-23+,37-30-,41-27+. The van der Waals surface area contributed by atoms with Gasteiger partial charge in [0, 0.05) is 47.2 Å². The maximum atomic E-state index is 13.3. The molecule has 1 atom stereocenters. The number of alkyl halides is 3. The van der Waals surface area contributed by atoms with Gasteiger partial charge in [0.2, 0.25) is 0 Å². The van der Waals surface area contributed by atoms with Crippen molar-refractivity contribution < 1.29 is 13.2 Å². The van der Waals surface area contributed by atoms with Crippen molar-refractivity contribution in [3.05, 3.63) is 148 Å². The highest BCUT2D eigenvalue weighted by molar-refractivity contribution is 5.71. The van der Waals surface area contributed by atoms with Crippen LogP contribution in [0.3, 0.4) is 0 Å². The van der Waals surface area contributed by atoms with Gasteiger partial charge in [-0.2, -0.15) is 13.2 Å². The van der Waals surface area contributed by atoms with Crippen molar-refractivity contribution >= 4 is 17.1 Å². The van der Waals surface area contributed by atoms with E-state index in [-0.39, 0.29) is 22.6 Å². The molecule has 2 heterocycles. The third-order valence-electron chi connectivity index (χ3n) is 11.2. The largest absolute Gasteiger partial charge is 0.416 e. The van der Waals surface area contributed by atoms with E-state index in [1.165, 1.54) is 40.3 Å². The van der Waals surface area contributed by atoms with Crippen LogP contribution in [-0.2, 0) is 17.0 Å². The first-order chi connectivity index (χ1) is 25.2. The van der Waals surface area contributed by atoms with Crippen molar-refractivity contribution in [3.63, 3.8) is 0 Å². The quantitative estimate of drug-likeness (QED) is 0.161. The Bertz CT molecular complexity index is 1960. The van der Waals surface area contributed by atoms with Crippen molar-refractivity contribution in [2.24, 2.45) is 11.6 Å². The van der Waals surface area contributed by atoms with Gasteiger partial charge in [-0.25, -0.2) is 5.84 Å². The van der Waals surface area contributed by atoms with E-state index < -0.39 is 11.7 Å². The second kappa shape index (κ2) is 15.0. The maximum absolute atomic E-state index is 13.3. The van der Waals surface area contributed by atoms with E-state index in [0.717, 1.165) is 74.2 Å². The van der Waals surface area contributed by atoms with Gasteiger partial charge >= 0.3 is 6.18 Å². The number of para-hydroxylation sites is 2. The van der Waals surface area contributed by atoms with E-state index in [0.29, 0.717) is 5.56 Å². The fourth-order valence-corrected chi connectivity index (χ4v) is 8.51. The summed E-state index contributed by atoms with van der Waals surface area (Å²) in [6.07, 6.45) is 10.9. The van der Waals surface area contributed by atoms with E-state index in [2.05, 4.69) is 124 Å². The van der Waals surface area contributed by atoms with Crippen molar-refractivity contribution in [1.29, 1.82) is 0 Å². The van der Waals surface area contributed by atoms with Gasteiger partial charge in [-0.15, -0.1) is 0 Å². The third-order valence-corrected chi connectivity index (χ3v) is 11.2. The minimum Gasteiger partial charge on any atom is -0.397 e. The molecular weight excluding hydrogens is 668 g/mol. The minimum absolute atomic E-state index is 0.109. The van der Waals surface area contributed by atoms with Crippen LogP contribution in [0, 0.1) is 0 Å². The van der Waals surface area contributed by atoms with Crippen LogP contribution < -0.4 is 21.4 Å². The Balaban J connectivity index is 1.44. The summed E-state index contributed by atoms with van der Waals surface area (Å²) in [5.74, 6) is 6.95. The Labute approximate surface area is 313 Å². The van der Waals surface area contributed by atoms with Crippen molar-refractivity contribution in [1.82, 2.24) is 5.01 Å². The van der Waals surface area contributed by atoms with Gasteiger partial charge in [0.1, 0.15) is 0 Å². The summed E-state index contributed by atoms with van der Waals surface area (Å²) >= 11 is 0. The molecule has 53 heavy (non-hydrogen) atoms. The monoisotopic (exact) mass is 721 g/mol. The molecule has 3 aromatic rings. The first-order valence-electron chi connectivity index (χ1n) is 18.9. The Morgan fingerprint density at radius 1 is 0.849 bits per heavy atom. The predicted molar refractivity (Wildman–Crippen MR) is 214 cm³/mol. The molecule has 6 rings (SSSR count). The van der Waals surface area contributed by atoms with E-state index in [4.69, 9.17) is 11.6 Å². The summed E-state index contributed by atoms with van der Waals surface area (Å²) in [6, 6.07) is 22.4. The molecule has 3 aromatic carbocycles. The highest BCUT2D eigenvalue weighted by Crippen LogP contribution is 2.48. The molecule has 280 valence electrons. The molecule has 1 unspecified atom stereocenters. The zero-order valence-electron chi connectivity index (χ0n) is 32.0. The van der Waals surface area contributed by atoms with Crippen LogP contribution in [0.15, 0.2) is 126 Å². The lowest BCUT2D eigenvalue weighted by Gasteiger charge is -2.33. The lowest BCUT2D eigenvalue weighted by molar-refractivity contribution is -0.137. The maximum Gasteiger partial charge on any atom is 0.416 e. The molecule has 8 heteroatoms. The van der Waals surface area contributed by atoms with E-state index in [1.807, 2.05) is 0 Å². The summed E-state index contributed by atoms with van der Waals surface area (Å²) in [7, 11) is 0. The van der Waals surface area contributed by atoms with Crippen LogP contribution in [0.2, 0.25) is 0 Å². The van der Waals surface area contributed by atoms with Crippen molar-refractivity contribution in [2.75, 3.05) is 22.9 Å². The number of benzene rings is 3. The lowest BCUT2D eigenvalue weighted by Crippen LogP contribution is -2.40. The highest BCUT2D eigenvalue weighted by atomic mass is 19.4. The molecule has 3 aliphatic rings. The van der Waals surface area contributed by atoms with Crippen molar-refractivity contribution in [2.45, 2.75) is 96.7 Å². The molecule has 0 spiro atoms. The Morgan fingerprint density at radius 2 is 1.49 bits per heavy atom. The van der Waals surface area contributed by atoms with Gasteiger partial charge in [0.15, 0.2) is 0 Å². The molecule has 2 aliphatic heterocycles. The zero-order chi connectivity index (χ0) is 38.1. The number of allylic oxidation sites excluding steroid dienone is 6. The molecule has 0 bridgehead atoms. The molecule has 0 aromatic heterocycles. The summed E-state index contributed by atoms with van der Waals surface area (Å²) in [6.45, 7) is 15.5. The molecule has 0 saturated heterocycles. The van der Waals surface area contributed by atoms with Gasteiger partial charge in [0.05, 0.1) is 23.0 Å². The number of rotatable bonds is 10. The SMILES string of the molecule is CCCN1/C(=C/C=C2\CCCC(/C=C/C3N(CCC)c4ccccc4C3(C)C)=C2N(N)/C=C(\N)c2ccc(C(F)(F)F)cc2)C(C)(C)c2ccccc21. The molecule has 0 amide bonds. The van der Waals surface area contributed by atoms with Gasteiger partial charge in [0.25, 0.3) is 0 Å². The van der Waals surface area contributed by atoms with Gasteiger partial charge < -0.3 is 15.5 Å². The smallest absolute Gasteiger partial charge is 0.397 e. The fourth-order valence-electron chi connectivity index (χ4n) is 8.51. The number of nitrogens with zero attached hydrogens (tertiary/aromatic N) is 3. The third kappa shape index (κ3) is 7.30. The second-order valence-corrected chi connectivity index (χ2v) is 15.6. The van der Waals surface area contributed by atoms with Crippen molar-refractivity contribution in [3.8, 4) is 0 Å². The number of nitrogens with two attached hydrogens (primary N) is 2. The number of halogens is 3. The Kier molecular flexibility index (Phi) is 10.8. The average molecular weight is 722 g/mol. The topological polar surface area (TPSA) is 61.8 Å². The van der Waals surface area contributed by atoms with E-state index in [9.17, 15) is 13.2 Å². The number of hydrogen-bond acceptors (Lipinski definition) is 5. The average Bonchev–Trinajstić information content (AvgIpc) is 3.47. The number of fused-ring (bicyclic) bond motifs is 2. The molecule has 1 aliphatic carbocycles. The fraction of sp³-hybridized carbons (Fsp3) is 0.378. The molecule has 0 radical (unpaired) electrons. The molecular formula is C45H54F3N5. The van der Waals surface area contributed by atoms with E-state index in [1.54, 1.807) is 11.2 Å². The van der Waals surface area contributed by atoms with Crippen LogP contribution in [0.1, 0.15) is 95.9 Å². The number of hydrogen-bond donors (Lipinski definition) is 2. The number of hydrazine groups is 1. The molecule has 0 saturated carbocycles. The zero-order valence-corrected chi connectivity index (χ0v) is 32.0. The summed E-state index contributed by atoms with van der Waals surface area (Å²) < 4.78 is 39.9. The van der Waals surface area contributed by atoms with Gasteiger partial charge in [-0.05, 0) is 90.3 Å². The normalized spacial score (nSPS) is 21.2.